The van der Waals surface area contributed by atoms with Crippen LogP contribution in [0.25, 0.3) is 0 Å². The number of halogens is 1. The summed E-state index contributed by atoms with van der Waals surface area (Å²) in [6.07, 6.45) is 0. The quantitative estimate of drug-likeness (QED) is 0.663. The Balaban J connectivity index is 2.78. The highest BCUT2D eigenvalue weighted by atomic mass is 35.5. The number of rotatable bonds is 4. The first-order valence-electron chi connectivity index (χ1n) is 5.37. The van der Waals surface area contributed by atoms with Gasteiger partial charge in [0, 0.05) is 24.3 Å². The Kier molecular flexibility index (Phi) is 5.32. The molecular weight excluding hydrogens is 272 g/mol. The lowest BCUT2D eigenvalue weighted by Crippen LogP contribution is -2.30. The van der Waals surface area contributed by atoms with Crippen LogP contribution in [0.2, 0.25) is 0 Å². The largest absolute Gasteiger partial charge is 0.468 e. The van der Waals surface area contributed by atoms with E-state index >= 15 is 0 Å². The van der Waals surface area contributed by atoms with Gasteiger partial charge in [-0.2, -0.15) is 0 Å². The fourth-order valence-electron chi connectivity index (χ4n) is 1.28. The number of nitrogens with zero attached hydrogens (tertiary/aromatic N) is 1. The highest BCUT2D eigenvalue weighted by Crippen LogP contribution is 2.18. The van der Waals surface area contributed by atoms with Gasteiger partial charge in [0.05, 0.1) is 12.8 Å². The maximum absolute atomic E-state index is 11.7. The average Bonchev–Trinajstić information content (AvgIpc) is 2.43. The van der Waals surface area contributed by atoms with Crippen molar-refractivity contribution in [3.8, 4) is 0 Å². The monoisotopic (exact) mass is 284 g/mol. The first-order chi connectivity index (χ1) is 8.95. The molecule has 1 aromatic carbocycles. The number of ether oxygens (including phenoxy) is 1. The van der Waals surface area contributed by atoms with Crippen molar-refractivity contribution in [1.82, 2.24) is 5.32 Å². The van der Waals surface area contributed by atoms with Crippen molar-refractivity contribution in [2.75, 3.05) is 18.1 Å². The molecule has 0 saturated heterocycles. The molecular formula is C12H13ClN2O4. The zero-order valence-electron chi connectivity index (χ0n) is 10.5. The number of esters is 1. The highest BCUT2D eigenvalue weighted by molar-refractivity contribution is 6.36. The van der Waals surface area contributed by atoms with Crippen molar-refractivity contribution in [2.45, 2.75) is 6.92 Å². The minimum atomic E-state index is -0.549. The van der Waals surface area contributed by atoms with Crippen LogP contribution >= 0.6 is 11.8 Å². The van der Waals surface area contributed by atoms with Crippen LogP contribution < -0.4 is 9.74 Å². The predicted molar refractivity (Wildman–Crippen MR) is 69.8 cm³/mol. The van der Waals surface area contributed by atoms with E-state index in [-0.39, 0.29) is 18.0 Å². The van der Waals surface area contributed by atoms with Crippen LogP contribution in [0.1, 0.15) is 17.3 Å². The van der Waals surface area contributed by atoms with Gasteiger partial charge >= 0.3 is 5.97 Å². The van der Waals surface area contributed by atoms with Crippen LogP contribution in [-0.4, -0.2) is 31.4 Å². The molecule has 1 aromatic rings. The smallest absolute Gasteiger partial charge is 0.325 e. The molecule has 0 heterocycles. The van der Waals surface area contributed by atoms with E-state index in [9.17, 15) is 14.4 Å². The second kappa shape index (κ2) is 6.75. The SMILES string of the molecule is COC(=O)CNC(=O)c1cccc(N(Cl)C(C)=O)c1. The van der Waals surface area contributed by atoms with E-state index in [1.54, 1.807) is 18.2 Å². The number of carbonyl (C=O) groups excluding carboxylic acids is 3. The van der Waals surface area contributed by atoms with E-state index in [0.29, 0.717) is 5.69 Å². The highest BCUT2D eigenvalue weighted by Gasteiger charge is 2.12. The number of hydrogen-bond donors (Lipinski definition) is 1. The van der Waals surface area contributed by atoms with Crippen molar-refractivity contribution >= 4 is 35.2 Å². The molecule has 0 saturated carbocycles. The standard InChI is InChI=1S/C12H13ClN2O4/c1-8(16)15(13)10-5-3-4-9(6-10)12(18)14-7-11(17)19-2/h3-6H,7H2,1-2H3,(H,14,18). The molecule has 1 rings (SSSR count). The predicted octanol–water partition coefficient (Wildman–Crippen LogP) is 1.10. The summed E-state index contributed by atoms with van der Waals surface area (Å²) in [5.74, 6) is -1.37. The van der Waals surface area contributed by atoms with E-state index < -0.39 is 11.9 Å². The average molecular weight is 285 g/mol. The third-order valence-electron chi connectivity index (χ3n) is 2.23. The van der Waals surface area contributed by atoms with Crippen molar-refractivity contribution in [3.63, 3.8) is 0 Å². The van der Waals surface area contributed by atoms with E-state index in [4.69, 9.17) is 11.8 Å². The van der Waals surface area contributed by atoms with Crippen molar-refractivity contribution in [2.24, 2.45) is 0 Å². The van der Waals surface area contributed by atoms with Gasteiger partial charge in [-0.15, -0.1) is 0 Å². The van der Waals surface area contributed by atoms with Crippen LogP contribution in [0.3, 0.4) is 0 Å². The number of nitrogens with one attached hydrogen (secondary N) is 1. The molecule has 6 nitrogen and oxygen atoms in total. The van der Waals surface area contributed by atoms with Crippen molar-refractivity contribution < 1.29 is 19.1 Å². The van der Waals surface area contributed by atoms with Gasteiger partial charge in [-0.05, 0) is 18.2 Å². The molecule has 0 aliphatic rings. The van der Waals surface area contributed by atoms with Crippen LogP contribution in [0.15, 0.2) is 24.3 Å². The maximum atomic E-state index is 11.7. The van der Waals surface area contributed by atoms with Gasteiger partial charge in [-0.1, -0.05) is 6.07 Å². The topological polar surface area (TPSA) is 75.7 Å². The molecule has 0 aromatic heterocycles. The Labute approximate surface area is 115 Å². The fourth-order valence-corrected chi connectivity index (χ4v) is 1.38. The Bertz CT molecular complexity index is 504. The first kappa shape index (κ1) is 15.0. The molecule has 0 spiro atoms. The van der Waals surface area contributed by atoms with Gasteiger partial charge < -0.3 is 10.1 Å². The summed E-state index contributed by atoms with van der Waals surface area (Å²) in [4.78, 5) is 33.8. The third-order valence-corrected chi connectivity index (χ3v) is 2.67. The molecule has 0 radical (unpaired) electrons. The zero-order chi connectivity index (χ0) is 14.4. The Morgan fingerprint density at radius 3 is 2.63 bits per heavy atom. The molecule has 0 aliphatic carbocycles. The summed E-state index contributed by atoms with van der Waals surface area (Å²) in [6, 6.07) is 6.16. The fraction of sp³-hybridized carbons (Fsp3) is 0.250. The summed E-state index contributed by atoms with van der Waals surface area (Å²) in [5.41, 5.74) is 0.660. The zero-order valence-corrected chi connectivity index (χ0v) is 11.2. The number of methoxy groups -OCH3 is 1. The van der Waals surface area contributed by atoms with Gasteiger partial charge in [-0.3, -0.25) is 14.4 Å². The normalized spacial score (nSPS) is 9.63. The van der Waals surface area contributed by atoms with E-state index in [1.807, 2.05) is 0 Å². The number of amides is 2. The van der Waals surface area contributed by atoms with Gasteiger partial charge in [0.1, 0.15) is 6.54 Å². The molecule has 2 amide bonds. The lowest BCUT2D eigenvalue weighted by molar-refractivity contribution is -0.139. The maximum Gasteiger partial charge on any atom is 0.325 e. The van der Waals surface area contributed by atoms with Crippen molar-refractivity contribution in [1.29, 1.82) is 0 Å². The number of hydrogen-bond acceptors (Lipinski definition) is 4. The minimum absolute atomic E-state index is 0.225. The Morgan fingerprint density at radius 1 is 1.37 bits per heavy atom. The second-order valence-electron chi connectivity index (χ2n) is 3.61. The minimum Gasteiger partial charge on any atom is -0.468 e. The van der Waals surface area contributed by atoms with Crippen LogP contribution in [0, 0.1) is 0 Å². The number of carbonyl (C=O) groups is 3. The molecule has 19 heavy (non-hydrogen) atoms. The van der Waals surface area contributed by atoms with Gasteiger partial charge in [0.15, 0.2) is 0 Å². The van der Waals surface area contributed by atoms with Gasteiger partial charge in [0.2, 0.25) is 5.91 Å². The summed E-state index contributed by atoms with van der Waals surface area (Å²) >= 11 is 5.75. The van der Waals surface area contributed by atoms with Crippen LogP contribution in [0.5, 0.6) is 0 Å². The van der Waals surface area contributed by atoms with Gasteiger partial charge in [-0.25, -0.2) is 4.42 Å². The second-order valence-corrected chi connectivity index (χ2v) is 3.95. The lowest BCUT2D eigenvalue weighted by atomic mass is 10.2. The molecule has 1 N–H and O–H groups in total. The summed E-state index contributed by atoms with van der Waals surface area (Å²) in [6.45, 7) is 1.08. The Morgan fingerprint density at radius 2 is 2.05 bits per heavy atom. The number of benzene rings is 1. The van der Waals surface area contributed by atoms with Crippen LogP contribution in [0.4, 0.5) is 5.69 Å². The molecule has 102 valence electrons. The molecule has 0 unspecified atom stereocenters. The molecule has 0 aliphatic heterocycles. The van der Waals surface area contributed by atoms with Crippen LogP contribution in [-0.2, 0) is 14.3 Å². The van der Waals surface area contributed by atoms with Gasteiger partial charge in [0.25, 0.3) is 5.91 Å². The summed E-state index contributed by atoms with van der Waals surface area (Å²) in [5, 5.41) is 2.39. The van der Waals surface area contributed by atoms with Crippen molar-refractivity contribution in [3.05, 3.63) is 29.8 Å². The third kappa shape index (κ3) is 4.26. The first-order valence-corrected chi connectivity index (χ1v) is 5.71. The lowest BCUT2D eigenvalue weighted by Gasteiger charge is -2.12. The van der Waals surface area contributed by atoms with E-state index in [2.05, 4.69) is 10.1 Å². The van der Waals surface area contributed by atoms with E-state index in [0.717, 1.165) is 4.42 Å². The Hall–Kier alpha value is -2.08. The summed E-state index contributed by atoms with van der Waals surface area (Å²) in [7, 11) is 1.23. The molecule has 7 heteroatoms. The van der Waals surface area contributed by atoms with E-state index in [1.165, 1.54) is 20.1 Å². The summed E-state index contributed by atoms with van der Waals surface area (Å²) < 4.78 is 5.30. The number of anilines is 1. The molecule has 0 bridgehead atoms. The molecule has 0 fully saturated rings. The molecule has 0 atom stereocenters.